The van der Waals surface area contributed by atoms with Gasteiger partial charge in [-0.3, -0.25) is 4.79 Å². The van der Waals surface area contributed by atoms with Crippen LogP contribution in [0.2, 0.25) is 10.0 Å². The van der Waals surface area contributed by atoms with Gasteiger partial charge >= 0.3 is 5.97 Å². The third kappa shape index (κ3) is 6.90. The number of carboxylic acids is 1. The van der Waals surface area contributed by atoms with E-state index in [4.69, 9.17) is 37.8 Å². The number of hydrogen-bond acceptors (Lipinski definition) is 4. The molecule has 0 saturated heterocycles. The molecule has 0 heterocycles. The minimum atomic E-state index is -1.10. The standard InChI is InChI=1S/C22H25Cl2NO5/c1-22(2,21(28)25-11-10-15-6-7-16(23)13-18(15)24)30-17-8-4-14(5-9-17)12-19(29-3)20(26)27/h4-9,13,19H,10-12H2,1-3H3,(H,25,28)(H,26,27)/t19-/m0/s1. The summed E-state index contributed by atoms with van der Waals surface area (Å²) in [6, 6.07) is 12.2. The summed E-state index contributed by atoms with van der Waals surface area (Å²) < 4.78 is 10.8. The normalized spacial score (nSPS) is 12.3. The van der Waals surface area contributed by atoms with E-state index in [2.05, 4.69) is 5.32 Å². The van der Waals surface area contributed by atoms with E-state index in [0.717, 1.165) is 11.1 Å². The molecule has 0 saturated carbocycles. The van der Waals surface area contributed by atoms with Gasteiger partial charge in [0.15, 0.2) is 11.7 Å². The van der Waals surface area contributed by atoms with Crippen LogP contribution >= 0.6 is 23.2 Å². The van der Waals surface area contributed by atoms with Crippen molar-refractivity contribution in [2.45, 2.75) is 38.4 Å². The fourth-order valence-corrected chi connectivity index (χ4v) is 3.27. The molecule has 0 unspecified atom stereocenters. The second kappa shape index (κ2) is 10.7. The minimum Gasteiger partial charge on any atom is -0.479 e. The van der Waals surface area contributed by atoms with Crippen molar-refractivity contribution in [3.63, 3.8) is 0 Å². The number of halogens is 2. The Kier molecular flexibility index (Phi) is 8.53. The Morgan fingerprint density at radius 3 is 2.37 bits per heavy atom. The van der Waals surface area contributed by atoms with Crippen molar-refractivity contribution >= 4 is 35.1 Å². The lowest BCUT2D eigenvalue weighted by molar-refractivity contribution is -0.148. The third-order valence-corrected chi connectivity index (χ3v) is 5.11. The number of nitrogens with one attached hydrogen (secondary N) is 1. The highest BCUT2D eigenvalue weighted by molar-refractivity contribution is 6.35. The first-order valence-electron chi connectivity index (χ1n) is 9.38. The SMILES string of the molecule is CO[C@@H](Cc1ccc(OC(C)(C)C(=O)NCCc2ccc(Cl)cc2Cl)cc1)C(=O)O. The van der Waals surface area contributed by atoms with Crippen LogP contribution in [0, 0.1) is 0 Å². The van der Waals surface area contributed by atoms with Crippen molar-refractivity contribution in [3.05, 3.63) is 63.6 Å². The number of rotatable bonds is 10. The maximum absolute atomic E-state index is 12.6. The molecule has 0 aliphatic heterocycles. The van der Waals surface area contributed by atoms with E-state index >= 15 is 0 Å². The van der Waals surface area contributed by atoms with Crippen LogP contribution in [0.5, 0.6) is 5.75 Å². The summed E-state index contributed by atoms with van der Waals surface area (Å²) in [6.07, 6.45) is -0.104. The lowest BCUT2D eigenvalue weighted by atomic mass is 10.1. The van der Waals surface area contributed by atoms with Crippen LogP contribution in [0.15, 0.2) is 42.5 Å². The predicted molar refractivity (Wildman–Crippen MR) is 116 cm³/mol. The molecule has 1 atom stereocenters. The van der Waals surface area contributed by atoms with Crippen molar-refractivity contribution in [2.24, 2.45) is 0 Å². The van der Waals surface area contributed by atoms with E-state index in [0.29, 0.717) is 28.8 Å². The molecular weight excluding hydrogens is 429 g/mol. The highest BCUT2D eigenvalue weighted by Crippen LogP contribution is 2.22. The number of hydrogen-bond donors (Lipinski definition) is 2. The van der Waals surface area contributed by atoms with Crippen molar-refractivity contribution in [2.75, 3.05) is 13.7 Å². The van der Waals surface area contributed by atoms with Crippen LogP contribution in [0.4, 0.5) is 0 Å². The molecule has 2 rings (SSSR count). The smallest absolute Gasteiger partial charge is 0.333 e. The summed E-state index contributed by atoms with van der Waals surface area (Å²) in [5.41, 5.74) is 0.589. The van der Waals surface area contributed by atoms with Gasteiger partial charge in [0, 0.05) is 30.1 Å². The van der Waals surface area contributed by atoms with Gasteiger partial charge in [-0.25, -0.2) is 4.79 Å². The third-order valence-electron chi connectivity index (χ3n) is 4.52. The van der Waals surface area contributed by atoms with Gasteiger partial charge in [-0.05, 0) is 55.7 Å². The number of methoxy groups -OCH3 is 1. The fraction of sp³-hybridized carbons (Fsp3) is 0.364. The van der Waals surface area contributed by atoms with Gasteiger partial charge in [-0.1, -0.05) is 41.4 Å². The first-order chi connectivity index (χ1) is 14.1. The zero-order valence-electron chi connectivity index (χ0n) is 17.1. The molecule has 2 N–H and O–H groups in total. The molecule has 0 bridgehead atoms. The van der Waals surface area contributed by atoms with Crippen molar-refractivity contribution in [3.8, 4) is 5.75 Å². The summed E-state index contributed by atoms with van der Waals surface area (Å²) >= 11 is 12.0. The molecule has 162 valence electrons. The van der Waals surface area contributed by atoms with E-state index in [9.17, 15) is 9.59 Å². The van der Waals surface area contributed by atoms with Crippen LogP contribution in [0.25, 0.3) is 0 Å². The van der Waals surface area contributed by atoms with Gasteiger partial charge in [-0.15, -0.1) is 0 Å². The van der Waals surface area contributed by atoms with E-state index < -0.39 is 17.7 Å². The highest BCUT2D eigenvalue weighted by atomic mass is 35.5. The van der Waals surface area contributed by atoms with Gasteiger partial charge in [0.25, 0.3) is 5.91 Å². The number of carbonyl (C=O) groups is 2. The van der Waals surface area contributed by atoms with Crippen LogP contribution in [0.1, 0.15) is 25.0 Å². The number of amides is 1. The van der Waals surface area contributed by atoms with Crippen LogP contribution in [-0.2, 0) is 27.2 Å². The molecule has 8 heteroatoms. The first kappa shape index (κ1) is 24.0. The summed E-state index contributed by atoms with van der Waals surface area (Å²) in [5, 5.41) is 13.0. The molecule has 2 aromatic rings. The zero-order valence-corrected chi connectivity index (χ0v) is 18.6. The van der Waals surface area contributed by atoms with Crippen molar-refractivity contribution in [1.82, 2.24) is 5.32 Å². The Hall–Kier alpha value is -2.28. The molecule has 0 aromatic heterocycles. The number of carbonyl (C=O) groups excluding carboxylic acids is 1. The summed E-state index contributed by atoms with van der Waals surface area (Å²) in [4.78, 5) is 23.6. The average molecular weight is 454 g/mol. The average Bonchev–Trinajstić information content (AvgIpc) is 2.68. The molecule has 0 fully saturated rings. The largest absolute Gasteiger partial charge is 0.479 e. The number of carboxylic acid groups (broad SMARTS) is 1. The Bertz CT molecular complexity index is 884. The Morgan fingerprint density at radius 1 is 1.13 bits per heavy atom. The van der Waals surface area contributed by atoms with Crippen LogP contribution < -0.4 is 10.1 Å². The van der Waals surface area contributed by atoms with Crippen molar-refractivity contribution in [1.29, 1.82) is 0 Å². The molecule has 6 nitrogen and oxygen atoms in total. The van der Waals surface area contributed by atoms with Gasteiger partial charge in [-0.2, -0.15) is 0 Å². The minimum absolute atomic E-state index is 0.239. The lowest BCUT2D eigenvalue weighted by Crippen LogP contribution is -2.47. The summed E-state index contributed by atoms with van der Waals surface area (Å²) in [6.45, 7) is 3.76. The number of benzene rings is 2. The van der Waals surface area contributed by atoms with Gasteiger partial charge in [0.2, 0.25) is 0 Å². The van der Waals surface area contributed by atoms with E-state index in [1.165, 1.54) is 7.11 Å². The van der Waals surface area contributed by atoms with Crippen LogP contribution in [-0.4, -0.2) is 42.3 Å². The quantitative estimate of drug-likeness (QED) is 0.564. The second-order valence-corrected chi connectivity index (χ2v) is 8.11. The highest BCUT2D eigenvalue weighted by Gasteiger charge is 2.29. The number of aliphatic carboxylic acids is 1. The molecule has 2 aromatic carbocycles. The number of ether oxygens (including phenoxy) is 2. The molecule has 0 aliphatic rings. The molecule has 0 spiro atoms. The Morgan fingerprint density at radius 2 is 1.80 bits per heavy atom. The van der Waals surface area contributed by atoms with Crippen molar-refractivity contribution < 1.29 is 24.2 Å². The van der Waals surface area contributed by atoms with E-state index in [-0.39, 0.29) is 12.3 Å². The molecular formula is C22H25Cl2NO5. The summed E-state index contributed by atoms with van der Waals surface area (Å²) in [5.74, 6) is -0.776. The molecule has 30 heavy (non-hydrogen) atoms. The van der Waals surface area contributed by atoms with Crippen LogP contribution in [0.3, 0.4) is 0 Å². The Labute approximate surface area is 186 Å². The van der Waals surface area contributed by atoms with E-state index in [1.807, 2.05) is 6.07 Å². The van der Waals surface area contributed by atoms with E-state index in [1.54, 1.807) is 50.2 Å². The Balaban J connectivity index is 1.90. The fourth-order valence-electron chi connectivity index (χ4n) is 2.77. The maximum Gasteiger partial charge on any atom is 0.333 e. The second-order valence-electron chi connectivity index (χ2n) is 7.26. The zero-order chi connectivity index (χ0) is 22.3. The monoisotopic (exact) mass is 453 g/mol. The maximum atomic E-state index is 12.6. The predicted octanol–water partition coefficient (Wildman–Crippen LogP) is 4.15. The lowest BCUT2D eigenvalue weighted by Gasteiger charge is -2.25. The van der Waals surface area contributed by atoms with Gasteiger partial charge in [0.1, 0.15) is 5.75 Å². The first-order valence-corrected chi connectivity index (χ1v) is 10.1. The molecule has 1 amide bonds. The van der Waals surface area contributed by atoms with Gasteiger partial charge < -0.3 is 19.9 Å². The molecule has 0 aliphatic carbocycles. The summed E-state index contributed by atoms with van der Waals surface area (Å²) in [7, 11) is 1.36. The molecule has 0 radical (unpaired) electrons. The topological polar surface area (TPSA) is 84.9 Å². The van der Waals surface area contributed by atoms with Gasteiger partial charge in [0.05, 0.1) is 0 Å².